The van der Waals surface area contributed by atoms with Gasteiger partial charge in [0.1, 0.15) is 0 Å². The molecule has 126 valence electrons. The van der Waals surface area contributed by atoms with E-state index in [2.05, 4.69) is 10.3 Å². The normalized spacial score (nSPS) is 31.7. The first-order valence-corrected chi connectivity index (χ1v) is 9.93. The van der Waals surface area contributed by atoms with Gasteiger partial charge in [-0.15, -0.1) is 0 Å². The summed E-state index contributed by atoms with van der Waals surface area (Å²) >= 11 is 0. The van der Waals surface area contributed by atoms with Crippen LogP contribution in [0.25, 0.3) is 0 Å². The summed E-state index contributed by atoms with van der Waals surface area (Å²) in [6.07, 6.45) is 7.11. The van der Waals surface area contributed by atoms with Crippen molar-refractivity contribution in [3.05, 3.63) is 24.5 Å². The van der Waals surface area contributed by atoms with Crippen LogP contribution in [0.2, 0.25) is 0 Å². The highest BCUT2D eigenvalue weighted by Gasteiger charge is 2.50. The number of ether oxygens (including phenoxy) is 1. The first-order valence-electron chi connectivity index (χ1n) is 8.42. The Morgan fingerprint density at radius 1 is 1.30 bits per heavy atom. The number of nitrogens with zero attached hydrogens (tertiary/aromatic N) is 2. The van der Waals surface area contributed by atoms with E-state index in [4.69, 9.17) is 4.74 Å². The topological polar surface area (TPSA) is 71.5 Å². The number of anilines is 1. The van der Waals surface area contributed by atoms with Gasteiger partial charge in [-0.05, 0) is 37.8 Å². The second-order valence-corrected chi connectivity index (χ2v) is 8.88. The van der Waals surface area contributed by atoms with Crippen LogP contribution in [0.1, 0.15) is 25.7 Å². The summed E-state index contributed by atoms with van der Waals surface area (Å²) in [4.78, 5) is 4.10. The molecule has 2 aliphatic carbocycles. The summed E-state index contributed by atoms with van der Waals surface area (Å²) < 4.78 is 33.0. The summed E-state index contributed by atoms with van der Waals surface area (Å²) in [7, 11) is -3.11. The minimum atomic E-state index is -3.11. The van der Waals surface area contributed by atoms with E-state index in [0.717, 1.165) is 37.9 Å². The van der Waals surface area contributed by atoms with Crippen LogP contribution in [0, 0.1) is 5.92 Å². The maximum Gasteiger partial charge on any atom is 0.217 e. The molecule has 0 radical (unpaired) electrons. The van der Waals surface area contributed by atoms with Gasteiger partial charge < -0.3 is 10.1 Å². The third kappa shape index (κ3) is 2.97. The number of hydrogen-bond acceptors (Lipinski definition) is 5. The van der Waals surface area contributed by atoms with Crippen LogP contribution < -0.4 is 5.32 Å². The average molecular weight is 337 g/mol. The minimum absolute atomic E-state index is 0.0152. The lowest BCUT2D eigenvalue weighted by molar-refractivity contribution is -0.0434. The zero-order valence-corrected chi connectivity index (χ0v) is 13.9. The molecule has 6 nitrogen and oxygen atoms in total. The maximum atomic E-state index is 12.6. The Kier molecular flexibility index (Phi) is 4.03. The van der Waals surface area contributed by atoms with Crippen molar-refractivity contribution in [2.24, 2.45) is 5.92 Å². The van der Waals surface area contributed by atoms with Crippen LogP contribution in [0.15, 0.2) is 24.5 Å². The fourth-order valence-electron chi connectivity index (χ4n) is 3.83. The zero-order valence-electron chi connectivity index (χ0n) is 13.1. The number of rotatable bonds is 5. The van der Waals surface area contributed by atoms with Crippen molar-refractivity contribution < 1.29 is 13.2 Å². The molecule has 1 aromatic rings. The average Bonchev–Trinajstić information content (AvgIpc) is 3.35. The minimum Gasteiger partial charge on any atom is -0.383 e. The monoisotopic (exact) mass is 337 g/mol. The van der Waals surface area contributed by atoms with Gasteiger partial charge in [0.15, 0.2) is 0 Å². The lowest BCUT2D eigenvalue weighted by atomic mass is 10.0. The summed E-state index contributed by atoms with van der Waals surface area (Å²) in [6.45, 7) is 1.82. The molecule has 7 heteroatoms. The van der Waals surface area contributed by atoms with Gasteiger partial charge in [0.25, 0.3) is 0 Å². The molecule has 1 aliphatic heterocycles. The molecule has 4 rings (SSSR count). The summed E-state index contributed by atoms with van der Waals surface area (Å²) in [5.74, 6) is 0.345. The second-order valence-electron chi connectivity index (χ2n) is 6.72. The van der Waals surface area contributed by atoms with Crippen LogP contribution in [0.4, 0.5) is 5.69 Å². The molecule has 1 N–H and O–H groups in total. The van der Waals surface area contributed by atoms with Crippen molar-refractivity contribution in [1.29, 1.82) is 0 Å². The van der Waals surface area contributed by atoms with Gasteiger partial charge in [0.2, 0.25) is 10.0 Å². The molecule has 3 unspecified atom stereocenters. The molecule has 0 spiro atoms. The van der Waals surface area contributed by atoms with E-state index < -0.39 is 10.0 Å². The number of morpholine rings is 1. The molecule has 23 heavy (non-hydrogen) atoms. The lowest BCUT2D eigenvalue weighted by Gasteiger charge is -2.38. The zero-order chi connectivity index (χ0) is 15.9. The Morgan fingerprint density at radius 3 is 2.91 bits per heavy atom. The molecule has 2 saturated carbocycles. The quantitative estimate of drug-likeness (QED) is 0.881. The molecule has 1 aromatic heterocycles. The smallest absolute Gasteiger partial charge is 0.217 e. The standard InChI is InChI=1S/C16H23N3O3S/c20-23(21,14-4-5-14)19-8-9-22-16-12(3-6-15(16)19)10-18-13-2-1-7-17-11-13/h1-2,7,11-12,14-16,18H,3-6,8-10H2. The molecule has 1 saturated heterocycles. The van der Waals surface area contributed by atoms with Gasteiger partial charge in [0, 0.05) is 31.4 Å². The number of fused-ring (bicyclic) bond motifs is 1. The van der Waals surface area contributed by atoms with Crippen molar-refractivity contribution >= 4 is 15.7 Å². The fraction of sp³-hybridized carbons (Fsp3) is 0.688. The predicted molar refractivity (Wildman–Crippen MR) is 87.6 cm³/mol. The van der Waals surface area contributed by atoms with Gasteiger partial charge in [0.05, 0.1) is 29.7 Å². The van der Waals surface area contributed by atoms with E-state index in [1.54, 1.807) is 16.7 Å². The van der Waals surface area contributed by atoms with Crippen molar-refractivity contribution in [1.82, 2.24) is 9.29 Å². The molecular weight excluding hydrogens is 314 g/mol. The fourth-order valence-corrected chi connectivity index (χ4v) is 5.88. The summed E-state index contributed by atoms with van der Waals surface area (Å²) in [5, 5.41) is 3.27. The number of sulfonamides is 1. The van der Waals surface area contributed by atoms with Crippen LogP contribution in [-0.2, 0) is 14.8 Å². The first kappa shape index (κ1) is 15.4. The second kappa shape index (κ2) is 6.03. The molecule has 3 fully saturated rings. The highest BCUT2D eigenvalue weighted by molar-refractivity contribution is 7.90. The van der Waals surface area contributed by atoms with Crippen LogP contribution in [-0.4, -0.2) is 54.8 Å². The van der Waals surface area contributed by atoms with Gasteiger partial charge >= 0.3 is 0 Å². The van der Waals surface area contributed by atoms with Gasteiger partial charge in [-0.1, -0.05) is 0 Å². The van der Waals surface area contributed by atoms with E-state index in [1.807, 2.05) is 12.1 Å². The number of pyridine rings is 1. The number of hydrogen-bond donors (Lipinski definition) is 1. The number of aromatic nitrogens is 1. The Balaban J connectivity index is 1.43. The van der Waals surface area contributed by atoms with Gasteiger partial charge in [-0.2, -0.15) is 4.31 Å². The molecule has 3 aliphatic rings. The molecule has 0 bridgehead atoms. The van der Waals surface area contributed by atoms with E-state index in [-0.39, 0.29) is 17.4 Å². The molecule has 0 amide bonds. The predicted octanol–water partition coefficient (Wildman–Crippen LogP) is 1.47. The third-order valence-electron chi connectivity index (χ3n) is 5.17. The molecule has 0 aromatic carbocycles. The van der Waals surface area contributed by atoms with E-state index in [9.17, 15) is 8.42 Å². The third-order valence-corrected chi connectivity index (χ3v) is 7.59. The summed E-state index contributed by atoms with van der Waals surface area (Å²) in [5.41, 5.74) is 0.995. The molecule has 3 atom stereocenters. The number of nitrogens with one attached hydrogen (secondary N) is 1. The summed E-state index contributed by atoms with van der Waals surface area (Å²) in [6, 6.07) is 3.92. The van der Waals surface area contributed by atoms with E-state index >= 15 is 0 Å². The van der Waals surface area contributed by atoms with Crippen molar-refractivity contribution in [3.63, 3.8) is 0 Å². The van der Waals surface area contributed by atoms with Crippen molar-refractivity contribution in [3.8, 4) is 0 Å². The Morgan fingerprint density at radius 2 is 2.17 bits per heavy atom. The maximum absolute atomic E-state index is 12.6. The van der Waals surface area contributed by atoms with E-state index in [0.29, 0.717) is 19.1 Å². The Hall–Kier alpha value is -1.18. The Bertz CT molecular complexity index is 648. The highest BCUT2D eigenvalue weighted by atomic mass is 32.2. The largest absolute Gasteiger partial charge is 0.383 e. The first-order chi connectivity index (χ1) is 11.2. The van der Waals surface area contributed by atoms with Crippen LogP contribution in [0.5, 0.6) is 0 Å². The Labute approximate surface area is 137 Å². The van der Waals surface area contributed by atoms with Gasteiger partial charge in [-0.3, -0.25) is 4.98 Å². The van der Waals surface area contributed by atoms with Crippen molar-refractivity contribution in [2.45, 2.75) is 43.1 Å². The van der Waals surface area contributed by atoms with Crippen molar-refractivity contribution in [2.75, 3.05) is 25.0 Å². The molecular formula is C16H23N3O3S. The van der Waals surface area contributed by atoms with Crippen LogP contribution in [0.3, 0.4) is 0 Å². The van der Waals surface area contributed by atoms with Crippen LogP contribution >= 0.6 is 0 Å². The van der Waals surface area contributed by atoms with E-state index in [1.165, 1.54) is 0 Å². The lowest BCUT2D eigenvalue weighted by Crippen LogP contribution is -2.53. The SMILES string of the molecule is O=S(=O)(C1CC1)N1CCOC2C(CNc3cccnc3)CCC21. The highest BCUT2D eigenvalue weighted by Crippen LogP contribution is 2.40. The van der Waals surface area contributed by atoms with Gasteiger partial charge in [-0.25, -0.2) is 8.42 Å². The molecule has 2 heterocycles.